The van der Waals surface area contributed by atoms with Gasteiger partial charge in [-0.3, -0.25) is 9.48 Å². The third-order valence-electron chi connectivity index (χ3n) is 4.45. The molecular weight excluding hydrogens is 353 g/mol. The summed E-state index contributed by atoms with van der Waals surface area (Å²) in [5.74, 6) is 1.07. The van der Waals surface area contributed by atoms with Crippen molar-refractivity contribution in [2.45, 2.75) is 18.9 Å². The average molecular weight is 371 g/mol. The van der Waals surface area contributed by atoms with E-state index in [1.165, 1.54) is 24.3 Å². The second kappa shape index (κ2) is 7.18. The fourth-order valence-corrected chi connectivity index (χ4v) is 3.04. The van der Waals surface area contributed by atoms with Gasteiger partial charge < -0.3 is 14.2 Å². The highest BCUT2D eigenvalue weighted by Crippen LogP contribution is 2.26. The molecule has 0 bridgehead atoms. The van der Waals surface area contributed by atoms with Crippen molar-refractivity contribution in [3.63, 3.8) is 0 Å². The number of aryl methyl sites for hydroxylation is 1. The predicted molar refractivity (Wildman–Crippen MR) is 91.5 cm³/mol. The second-order valence-electron chi connectivity index (χ2n) is 6.43. The molecule has 140 valence electrons. The molecule has 0 unspecified atom stereocenters. The summed E-state index contributed by atoms with van der Waals surface area (Å²) < 4.78 is 25.2. The van der Waals surface area contributed by atoms with Gasteiger partial charge in [0.15, 0.2) is 12.4 Å². The Morgan fingerprint density at radius 1 is 1.37 bits per heavy atom. The molecule has 0 N–H and O–H groups in total. The van der Waals surface area contributed by atoms with Crippen molar-refractivity contribution in [3.05, 3.63) is 59.8 Å². The quantitative estimate of drug-likeness (QED) is 0.683. The van der Waals surface area contributed by atoms with Gasteiger partial charge >= 0.3 is 0 Å². The highest BCUT2D eigenvalue weighted by molar-refractivity contribution is 5.93. The van der Waals surface area contributed by atoms with Crippen LogP contribution in [-0.4, -0.2) is 43.8 Å². The molecule has 0 saturated carbocycles. The molecule has 1 atom stereocenters. The Kier molecular flexibility index (Phi) is 4.57. The van der Waals surface area contributed by atoms with Gasteiger partial charge in [-0.1, -0.05) is 5.16 Å². The fraction of sp³-hybridized carbons (Fsp3) is 0.333. The van der Waals surface area contributed by atoms with Crippen LogP contribution in [0.3, 0.4) is 0 Å². The first-order valence-electron chi connectivity index (χ1n) is 8.57. The van der Waals surface area contributed by atoms with E-state index in [2.05, 4.69) is 15.2 Å². The Bertz CT molecular complexity index is 937. The van der Waals surface area contributed by atoms with Crippen LogP contribution in [0.15, 0.2) is 41.2 Å². The maximum absolute atomic E-state index is 12.9. The van der Waals surface area contributed by atoms with E-state index in [1.54, 1.807) is 29.0 Å². The maximum Gasteiger partial charge on any atom is 0.264 e. The van der Waals surface area contributed by atoms with Gasteiger partial charge in [-0.2, -0.15) is 10.1 Å². The molecule has 3 heterocycles. The van der Waals surface area contributed by atoms with Gasteiger partial charge in [-0.05, 0) is 30.7 Å². The van der Waals surface area contributed by atoms with Crippen LogP contribution < -0.4 is 4.74 Å². The summed E-state index contributed by atoms with van der Waals surface area (Å²) in [6, 6.07) is 5.71. The number of likely N-dealkylation sites (tertiary alicyclic amines) is 1. The van der Waals surface area contributed by atoms with Crippen LogP contribution in [0.4, 0.5) is 4.39 Å². The first-order chi connectivity index (χ1) is 13.1. The summed E-state index contributed by atoms with van der Waals surface area (Å²) in [5.41, 5.74) is 0.569. The van der Waals surface area contributed by atoms with Crippen LogP contribution >= 0.6 is 0 Å². The molecule has 1 aliphatic heterocycles. The highest BCUT2D eigenvalue weighted by atomic mass is 19.1. The summed E-state index contributed by atoms with van der Waals surface area (Å²) in [5, 5.41) is 8.05. The summed E-state index contributed by atoms with van der Waals surface area (Å²) >= 11 is 0. The van der Waals surface area contributed by atoms with Crippen LogP contribution in [0.1, 0.15) is 34.4 Å². The van der Waals surface area contributed by atoms with Crippen molar-refractivity contribution in [2.75, 3.05) is 13.1 Å². The molecular formula is C18H18FN5O3. The molecule has 0 spiro atoms. The zero-order chi connectivity index (χ0) is 18.8. The molecule has 1 amide bonds. The van der Waals surface area contributed by atoms with E-state index in [0.717, 1.165) is 6.42 Å². The summed E-state index contributed by atoms with van der Waals surface area (Å²) in [6.07, 6.45) is 4.04. The molecule has 8 nitrogen and oxygen atoms in total. The standard InChI is InChI=1S/C18H18FN5O3/c1-23-9-13(8-20-23)18(25)24-7-6-12(10-24)17-21-16(27-22-17)11-26-15-4-2-14(19)3-5-15/h2-5,8-9,12H,6-7,10-11H2,1H3/t12-/m0/s1. The lowest BCUT2D eigenvalue weighted by atomic mass is 10.1. The summed E-state index contributed by atoms with van der Waals surface area (Å²) in [7, 11) is 1.78. The van der Waals surface area contributed by atoms with Crippen molar-refractivity contribution in [1.82, 2.24) is 24.8 Å². The maximum atomic E-state index is 12.9. The molecule has 1 aromatic carbocycles. The van der Waals surface area contributed by atoms with Crippen LogP contribution in [0.2, 0.25) is 0 Å². The number of carbonyl (C=O) groups is 1. The molecule has 1 saturated heterocycles. The number of amides is 1. The van der Waals surface area contributed by atoms with Crippen molar-refractivity contribution in [1.29, 1.82) is 0 Å². The molecule has 1 fully saturated rings. The molecule has 27 heavy (non-hydrogen) atoms. The SMILES string of the molecule is Cn1cc(C(=O)N2CC[C@H](c3noc(COc4ccc(F)cc4)n3)C2)cn1. The molecule has 4 rings (SSSR count). The van der Waals surface area contributed by atoms with Gasteiger partial charge in [-0.25, -0.2) is 4.39 Å². The van der Waals surface area contributed by atoms with Crippen LogP contribution in [0.5, 0.6) is 5.75 Å². The molecule has 9 heteroatoms. The third kappa shape index (κ3) is 3.81. The van der Waals surface area contributed by atoms with Crippen LogP contribution in [-0.2, 0) is 13.7 Å². The molecule has 1 aliphatic rings. The van der Waals surface area contributed by atoms with E-state index >= 15 is 0 Å². The Balaban J connectivity index is 1.34. The van der Waals surface area contributed by atoms with Crippen LogP contribution in [0.25, 0.3) is 0 Å². The number of carbonyl (C=O) groups excluding carboxylic acids is 1. The van der Waals surface area contributed by atoms with Crippen molar-refractivity contribution >= 4 is 5.91 Å². The van der Waals surface area contributed by atoms with Gasteiger partial charge in [0.2, 0.25) is 0 Å². The topological polar surface area (TPSA) is 86.3 Å². The third-order valence-corrected chi connectivity index (χ3v) is 4.45. The highest BCUT2D eigenvalue weighted by Gasteiger charge is 2.31. The second-order valence-corrected chi connectivity index (χ2v) is 6.43. The molecule has 0 radical (unpaired) electrons. The molecule has 0 aliphatic carbocycles. The number of ether oxygens (including phenoxy) is 1. The molecule has 3 aromatic rings. The number of benzene rings is 1. The lowest BCUT2D eigenvalue weighted by Crippen LogP contribution is -2.28. The first-order valence-corrected chi connectivity index (χ1v) is 8.57. The minimum absolute atomic E-state index is 0.0222. The Morgan fingerprint density at radius 2 is 2.19 bits per heavy atom. The fourth-order valence-electron chi connectivity index (χ4n) is 3.04. The Labute approximate surface area is 154 Å². The Hall–Kier alpha value is -3.23. The summed E-state index contributed by atoms with van der Waals surface area (Å²) in [6.45, 7) is 1.27. The zero-order valence-corrected chi connectivity index (χ0v) is 14.7. The van der Waals surface area contributed by atoms with E-state index in [4.69, 9.17) is 9.26 Å². The van der Waals surface area contributed by atoms with E-state index < -0.39 is 0 Å². The number of halogens is 1. The monoisotopic (exact) mass is 371 g/mol. The van der Waals surface area contributed by atoms with Gasteiger partial charge in [-0.15, -0.1) is 0 Å². The van der Waals surface area contributed by atoms with E-state index in [1.807, 2.05) is 0 Å². The lowest BCUT2D eigenvalue weighted by Gasteiger charge is -2.14. The zero-order valence-electron chi connectivity index (χ0n) is 14.7. The number of nitrogens with zero attached hydrogens (tertiary/aromatic N) is 5. The minimum atomic E-state index is -0.325. The van der Waals surface area contributed by atoms with Gasteiger partial charge in [0.05, 0.1) is 11.8 Å². The van der Waals surface area contributed by atoms with Gasteiger partial charge in [0, 0.05) is 32.3 Å². The number of rotatable bonds is 5. The van der Waals surface area contributed by atoms with E-state index in [9.17, 15) is 9.18 Å². The lowest BCUT2D eigenvalue weighted by molar-refractivity contribution is 0.0790. The van der Waals surface area contributed by atoms with Gasteiger partial charge in [0.1, 0.15) is 11.6 Å². The molecule has 2 aromatic heterocycles. The van der Waals surface area contributed by atoms with Crippen molar-refractivity contribution in [3.8, 4) is 5.75 Å². The predicted octanol–water partition coefficient (Wildman–Crippen LogP) is 2.15. The number of hydrogen-bond donors (Lipinski definition) is 0. The first kappa shape index (κ1) is 17.2. The van der Waals surface area contributed by atoms with E-state index in [-0.39, 0.29) is 24.2 Å². The van der Waals surface area contributed by atoms with Gasteiger partial charge in [0.25, 0.3) is 11.8 Å². The van der Waals surface area contributed by atoms with Crippen molar-refractivity contribution in [2.24, 2.45) is 7.05 Å². The number of aromatic nitrogens is 4. The van der Waals surface area contributed by atoms with Crippen molar-refractivity contribution < 1.29 is 18.4 Å². The smallest absolute Gasteiger partial charge is 0.264 e. The summed E-state index contributed by atoms with van der Waals surface area (Å²) in [4.78, 5) is 18.6. The van der Waals surface area contributed by atoms with E-state index in [0.29, 0.717) is 36.1 Å². The normalized spacial score (nSPS) is 16.7. The largest absolute Gasteiger partial charge is 0.484 e. The minimum Gasteiger partial charge on any atom is -0.484 e. The van der Waals surface area contributed by atoms with Crippen LogP contribution in [0, 0.1) is 5.82 Å². The average Bonchev–Trinajstić information content (AvgIpc) is 3.41. The Morgan fingerprint density at radius 3 is 2.93 bits per heavy atom. The number of hydrogen-bond acceptors (Lipinski definition) is 6.